The van der Waals surface area contributed by atoms with Gasteiger partial charge in [0, 0.05) is 15.7 Å². The third kappa shape index (κ3) is 4.34. The van der Waals surface area contributed by atoms with Crippen molar-refractivity contribution in [2.45, 2.75) is 25.8 Å². The highest BCUT2D eigenvalue weighted by atomic mass is 79.9. The molecule has 0 amide bonds. The smallest absolute Gasteiger partial charge is 0.305 e. The fraction of sp³-hybridized carbons (Fsp3) is 0.364. The molecular formula is C11H14BrNO2. The van der Waals surface area contributed by atoms with E-state index in [-0.39, 0.29) is 6.42 Å². The normalized spacial score (nSPS) is 11.1. The van der Waals surface area contributed by atoms with Crippen molar-refractivity contribution in [1.29, 1.82) is 0 Å². The predicted molar refractivity (Wildman–Crippen MR) is 64.1 cm³/mol. The van der Waals surface area contributed by atoms with Gasteiger partial charge in [-0.1, -0.05) is 22.0 Å². The summed E-state index contributed by atoms with van der Waals surface area (Å²) >= 11 is 3.36. The molecule has 1 aromatic rings. The van der Waals surface area contributed by atoms with Crippen LogP contribution in [0.25, 0.3) is 0 Å². The molecule has 0 aliphatic carbocycles. The topological polar surface area (TPSA) is 49.3 Å². The summed E-state index contributed by atoms with van der Waals surface area (Å²) in [5, 5.41) is 11.9. The summed E-state index contributed by atoms with van der Waals surface area (Å²) in [6.07, 6.45) is 0.0829. The first kappa shape index (κ1) is 12.0. The zero-order valence-electron chi connectivity index (χ0n) is 8.75. The molecule has 0 aromatic heterocycles. The number of carbonyl (C=O) groups is 1. The van der Waals surface area contributed by atoms with Crippen LogP contribution in [0.1, 0.15) is 20.3 Å². The van der Waals surface area contributed by atoms with Gasteiger partial charge in [0.05, 0.1) is 6.42 Å². The van der Waals surface area contributed by atoms with Crippen molar-refractivity contribution in [3.8, 4) is 0 Å². The number of carboxylic acid groups (broad SMARTS) is 1. The number of hydrogen-bond acceptors (Lipinski definition) is 2. The van der Waals surface area contributed by atoms with Gasteiger partial charge in [0.25, 0.3) is 0 Å². The quantitative estimate of drug-likeness (QED) is 0.885. The number of rotatable bonds is 4. The molecule has 15 heavy (non-hydrogen) atoms. The summed E-state index contributed by atoms with van der Waals surface area (Å²) in [6, 6.07) is 7.66. The standard InChI is InChI=1S/C11H14BrNO2/c1-11(2,7-10(14)15)13-9-5-3-4-8(12)6-9/h3-6,13H,7H2,1-2H3,(H,14,15). The molecule has 0 aliphatic rings. The second-order valence-electron chi connectivity index (χ2n) is 4.09. The monoisotopic (exact) mass is 271 g/mol. The van der Waals surface area contributed by atoms with Crippen LogP contribution in [0.5, 0.6) is 0 Å². The van der Waals surface area contributed by atoms with E-state index in [1.54, 1.807) is 0 Å². The zero-order valence-corrected chi connectivity index (χ0v) is 10.3. The maximum Gasteiger partial charge on any atom is 0.305 e. The van der Waals surface area contributed by atoms with Gasteiger partial charge in [0.1, 0.15) is 0 Å². The Kier molecular flexibility index (Phi) is 3.74. The molecule has 0 fully saturated rings. The fourth-order valence-electron chi connectivity index (χ4n) is 1.38. The average molecular weight is 272 g/mol. The molecule has 3 nitrogen and oxygen atoms in total. The number of hydrogen-bond donors (Lipinski definition) is 2. The number of aliphatic carboxylic acids is 1. The number of halogens is 1. The summed E-state index contributed by atoms with van der Waals surface area (Å²) in [6.45, 7) is 3.73. The van der Waals surface area contributed by atoms with E-state index in [0.717, 1.165) is 10.2 Å². The highest BCUT2D eigenvalue weighted by molar-refractivity contribution is 9.10. The predicted octanol–water partition coefficient (Wildman–Crippen LogP) is 3.11. The van der Waals surface area contributed by atoms with E-state index in [1.807, 2.05) is 38.1 Å². The number of anilines is 1. The van der Waals surface area contributed by atoms with E-state index in [0.29, 0.717) is 0 Å². The molecule has 4 heteroatoms. The lowest BCUT2D eigenvalue weighted by Gasteiger charge is -2.25. The molecule has 0 aliphatic heterocycles. The lowest BCUT2D eigenvalue weighted by Crippen LogP contribution is -2.33. The third-order valence-electron chi connectivity index (χ3n) is 1.90. The van der Waals surface area contributed by atoms with Crippen molar-refractivity contribution in [2.24, 2.45) is 0 Å². The van der Waals surface area contributed by atoms with Crippen LogP contribution in [0.3, 0.4) is 0 Å². The van der Waals surface area contributed by atoms with Gasteiger partial charge in [0.15, 0.2) is 0 Å². The van der Waals surface area contributed by atoms with Crippen molar-refractivity contribution in [3.63, 3.8) is 0 Å². The SMILES string of the molecule is CC(C)(CC(=O)O)Nc1cccc(Br)c1. The van der Waals surface area contributed by atoms with Gasteiger partial charge in [0.2, 0.25) is 0 Å². The zero-order chi connectivity index (χ0) is 11.5. The highest BCUT2D eigenvalue weighted by Gasteiger charge is 2.21. The van der Waals surface area contributed by atoms with Crippen molar-refractivity contribution in [1.82, 2.24) is 0 Å². The number of nitrogens with one attached hydrogen (secondary N) is 1. The van der Waals surface area contributed by atoms with E-state index < -0.39 is 11.5 Å². The molecular weight excluding hydrogens is 258 g/mol. The van der Waals surface area contributed by atoms with E-state index in [1.165, 1.54) is 0 Å². The summed E-state index contributed by atoms with van der Waals surface area (Å²) in [4.78, 5) is 10.6. The van der Waals surface area contributed by atoms with Crippen LogP contribution < -0.4 is 5.32 Å². The minimum Gasteiger partial charge on any atom is -0.481 e. The Balaban J connectivity index is 2.72. The maximum atomic E-state index is 10.6. The van der Waals surface area contributed by atoms with E-state index >= 15 is 0 Å². The first-order valence-electron chi connectivity index (χ1n) is 4.65. The summed E-state index contributed by atoms with van der Waals surface area (Å²) in [5.41, 5.74) is 0.461. The molecule has 0 saturated heterocycles. The summed E-state index contributed by atoms with van der Waals surface area (Å²) in [5.74, 6) is -0.803. The first-order chi connectivity index (χ1) is 6.89. The molecule has 0 bridgehead atoms. The Labute approximate surface area is 97.6 Å². The van der Waals surface area contributed by atoms with E-state index in [9.17, 15) is 4.79 Å². The minimum absolute atomic E-state index is 0.0829. The molecule has 1 aromatic carbocycles. The molecule has 0 unspecified atom stereocenters. The Bertz CT molecular complexity index is 363. The van der Waals surface area contributed by atoms with E-state index in [2.05, 4.69) is 21.2 Å². The summed E-state index contributed by atoms with van der Waals surface area (Å²) < 4.78 is 0.971. The molecule has 2 N–H and O–H groups in total. The van der Waals surface area contributed by atoms with Crippen molar-refractivity contribution in [2.75, 3.05) is 5.32 Å². The second kappa shape index (κ2) is 4.66. The Morgan fingerprint density at radius 3 is 2.73 bits per heavy atom. The lowest BCUT2D eigenvalue weighted by molar-refractivity contribution is -0.137. The van der Waals surface area contributed by atoms with Gasteiger partial charge in [-0.25, -0.2) is 0 Å². The van der Waals surface area contributed by atoms with Gasteiger partial charge in [-0.3, -0.25) is 4.79 Å². The fourth-order valence-corrected chi connectivity index (χ4v) is 1.78. The van der Waals surface area contributed by atoms with Crippen LogP contribution in [0, 0.1) is 0 Å². The number of carboxylic acids is 1. The van der Waals surface area contributed by atoms with E-state index in [4.69, 9.17) is 5.11 Å². The lowest BCUT2D eigenvalue weighted by atomic mass is 10.0. The average Bonchev–Trinajstić information content (AvgIpc) is 1.99. The van der Waals surface area contributed by atoms with Crippen LogP contribution in [0.2, 0.25) is 0 Å². The van der Waals surface area contributed by atoms with Gasteiger partial charge in [-0.05, 0) is 32.0 Å². The third-order valence-corrected chi connectivity index (χ3v) is 2.39. The van der Waals surface area contributed by atoms with Crippen LogP contribution >= 0.6 is 15.9 Å². The maximum absolute atomic E-state index is 10.6. The molecule has 0 saturated carbocycles. The molecule has 0 spiro atoms. The van der Waals surface area contributed by atoms with Gasteiger partial charge in [-0.2, -0.15) is 0 Å². The highest BCUT2D eigenvalue weighted by Crippen LogP contribution is 2.21. The first-order valence-corrected chi connectivity index (χ1v) is 5.44. The molecule has 0 atom stereocenters. The molecule has 1 rings (SSSR count). The van der Waals surface area contributed by atoms with Crippen molar-refractivity contribution >= 4 is 27.6 Å². The number of benzene rings is 1. The molecule has 0 heterocycles. The van der Waals surface area contributed by atoms with Crippen LogP contribution in [-0.2, 0) is 4.79 Å². The van der Waals surface area contributed by atoms with Crippen LogP contribution in [0.15, 0.2) is 28.7 Å². The Hall–Kier alpha value is -1.03. The van der Waals surface area contributed by atoms with Gasteiger partial charge < -0.3 is 10.4 Å². The van der Waals surface area contributed by atoms with Crippen LogP contribution in [0.4, 0.5) is 5.69 Å². The van der Waals surface area contributed by atoms with Gasteiger partial charge in [-0.15, -0.1) is 0 Å². The Morgan fingerprint density at radius 2 is 2.20 bits per heavy atom. The Morgan fingerprint density at radius 1 is 1.53 bits per heavy atom. The minimum atomic E-state index is -0.803. The summed E-state index contributed by atoms with van der Waals surface area (Å²) in [7, 11) is 0. The molecule has 82 valence electrons. The van der Waals surface area contributed by atoms with Crippen molar-refractivity contribution in [3.05, 3.63) is 28.7 Å². The van der Waals surface area contributed by atoms with Crippen molar-refractivity contribution < 1.29 is 9.90 Å². The van der Waals surface area contributed by atoms with Crippen LogP contribution in [-0.4, -0.2) is 16.6 Å². The second-order valence-corrected chi connectivity index (χ2v) is 5.01. The molecule has 0 radical (unpaired) electrons. The van der Waals surface area contributed by atoms with Gasteiger partial charge >= 0.3 is 5.97 Å². The largest absolute Gasteiger partial charge is 0.481 e.